The van der Waals surface area contributed by atoms with E-state index in [0.717, 1.165) is 15.3 Å². The van der Waals surface area contributed by atoms with Gasteiger partial charge in [-0.15, -0.1) is 11.3 Å². The lowest BCUT2D eigenvalue weighted by atomic mass is 10.1. The monoisotopic (exact) mass is 401 g/mol. The maximum Gasteiger partial charge on any atom is 0.306 e. The van der Waals surface area contributed by atoms with Gasteiger partial charge in [-0.3, -0.25) is 19.2 Å². The fourth-order valence-electron chi connectivity index (χ4n) is 2.59. The van der Waals surface area contributed by atoms with Crippen molar-refractivity contribution in [1.29, 1.82) is 0 Å². The molecule has 0 saturated carbocycles. The average molecular weight is 401 g/mol. The summed E-state index contributed by atoms with van der Waals surface area (Å²) in [7, 11) is 0. The number of hydrogen-bond donors (Lipinski definition) is 1. The van der Waals surface area contributed by atoms with Crippen LogP contribution in [0.25, 0.3) is 0 Å². The zero-order valence-electron chi connectivity index (χ0n) is 16.2. The molecule has 148 valence electrons. The Bertz CT molecular complexity index is 883. The van der Waals surface area contributed by atoms with E-state index in [4.69, 9.17) is 4.74 Å². The van der Waals surface area contributed by atoms with E-state index in [1.165, 1.54) is 6.92 Å². The predicted octanol–water partition coefficient (Wildman–Crippen LogP) is 3.39. The average Bonchev–Trinajstić information content (AvgIpc) is 3.01. The van der Waals surface area contributed by atoms with E-state index in [2.05, 4.69) is 5.32 Å². The van der Waals surface area contributed by atoms with Gasteiger partial charge >= 0.3 is 5.97 Å². The van der Waals surface area contributed by atoms with Gasteiger partial charge in [-0.25, -0.2) is 0 Å². The Morgan fingerprint density at radius 1 is 1.00 bits per heavy atom. The molecule has 1 aromatic heterocycles. The van der Waals surface area contributed by atoms with E-state index in [0.29, 0.717) is 17.7 Å². The van der Waals surface area contributed by atoms with Crippen molar-refractivity contribution >= 4 is 34.8 Å². The summed E-state index contributed by atoms with van der Waals surface area (Å²) in [4.78, 5) is 49.0. The van der Waals surface area contributed by atoms with E-state index >= 15 is 0 Å². The third-order valence-electron chi connectivity index (χ3n) is 4.08. The molecule has 0 aliphatic rings. The fraction of sp³-hybridized carbons (Fsp3) is 0.333. The Morgan fingerprint density at radius 2 is 1.68 bits per heavy atom. The molecule has 0 aliphatic carbocycles. The zero-order chi connectivity index (χ0) is 20.7. The molecule has 2 rings (SSSR count). The number of carbonyl (C=O) groups excluding carboxylic acids is 4. The normalized spacial score (nSPS) is 10.4. The number of thiophene rings is 1. The number of esters is 1. The summed E-state index contributed by atoms with van der Waals surface area (Å²) < 4.78 is 4.99. The third-order valence-corrected chi connectivity index (χ3v) is 5.05. The molecule has 28 heavy (non-hydrogen) atoms. The number of benzene rings is 1. The highest BCUT2D eigenvalue weighted by Gasteiger charge is 2.15. The number of ether oxygens (including phenoxy) is 1. The molecule has 0 spiro atoms. The predicted molar refractivity (Wildman–Crippen MR) is 107 cm³/mol. The molecule has 0 fully saturated rings. The van der Waals surface area contributed by atoms with Gasteiger partial charge in [0, 0.05) is 40.8 Å². The van der Waals surface area contributed by atoms with Crippen LogP contribution in [0.15, 0.2) is 30.3 Å². The van der Waals surface area contributed by atoms with Gasteiger partial charge in [-0.2, -0.15) is 0 Å². The molecule has 1 amide bonds. The summed E-state index contributed by atoms with van der Waals surface area (Å²) in [6.45, 7) is 5.26. The molecule has 0 saturated heterocycles. The molecule has 6 nitrogen and oxygen atoms in total. The van der Waals surface area contributed by atoms with Crippen LogP contribution in [-0.4, -0.2) is 30.0 Å². The molecule has 0 atom stereocenters. The topological polar surface area (TPSA) is 89.5 Å². The van der Waals surface area contributed by atoms with E-state index < -0.39 is 5.97 Å². The summed E-state index contributed by atoms with van der Waals surface area (Å²) >= 11 is 1.55. The number of rotatable bonds is 9. The second-order valence-electron chi connectivity index (χ2n) is 6.44. The van der Waals surface area contributed by atoms with Crippen LogP contribution in [0, 0.1) is 13.8 Å². The molecule has 1 aromatic carbocycles. The van der Waals surface area contributed by atoms with E-state index in [9.17, 15) is 19.2 Å². The molecule has 2 aromatic rings. The summed E-state index contributed by atoms with van der Waals surface area (Å²) in [6, 6.07) is 8.54. The van der Waals surface area contributed by atoms with Gasteiger partial charge in [-0.05, 0) is 25.5 Å². The van der Waals surface area contributed by atoms with Crippen LogP contribution in [0.4, 0.5) is 0 Å². The molecule has 0 bridgehead atoms. The second-order valence-corrected chi connectivity index (χ2v) is 7.90. The number of amides is 1. The molecular weight excluding hydrogens is 378 g/mol. The minimum absolute atomic E-state index is 0.0574. The molecular formula is C21H23NO5S. The molecule has 0 unspecified atom stereocenters. The molecule has 1 heterocycles. The number of nitrogens with one attached hydrogen (secondary N) is 1. The van der Waals surface area contributed by atoms with E-state index in [-0.39, 0.29) is 36.9 Å². The summed E-state index contributed by atoms with van der Waals surface area (Å²) in [5, 5.41) is 2.67. The Balaban J connectivity index is 1.77. The van der Waals surface area contributed by atoms with Crippen molar-refractivity contribution in [1.82, 2.24) is 5.32 Å². The Morgan fingerprint density at radius 3 is 2.25 bits per heavy atom. The lowest BCUT2D eigenvalue weighted by Crippen LogP contribution is -2.19. The Labute approximate surface area is 167 Å². The maximum absolute atomic E-state index is 12.2. The van der Waals surface area contributed by atoms with Gasteiger partial charge in [0.05, 0.1) is 6.42 Å². The van der Waals surface area contributed by atoms with Crippen LogP contribution < -0.4 is 5.32 Å². The number of Topliss-reactive ketones (excluding diaryl/α,β-unsaturated/α-hetero) is 2. The van der Waals surface area contributed by atoms with Crippen molar-refractivity contribution in [2.45, 2.75) is 40.2 Å². The van der Waals surface area contributed by atoms with E-state index in [1.807, 2.05) is 19.9 Å². The van der Waals surface area contributed by atoms with Crippen molar-refractivity contribution in [3.63, 3.8) is 0 Å². The summed E-state index contributed by atoms with van der Waals surface area (Å²) in [5.41, 5.74) is 1.92. The molecule has 7 heteroatoms. The smallest absolute Gasteiger partial charge is 0.306 e. The SMILES string of the molecule is CC(=O)NCc1ccc(C(=O)COC(=O)CCC(=O)c2cc(C)sc2C)cc1. The summed E-state index contributed by atoms with van der Waals surface area (Å²) in [6.07, 6.45) is -0.00200. The second kappa shape index (κ2) is 9.94. The molecule has 0 aliphatic heterocycles. The van der Waals surface area contributed by atoms with E-state index in [1.54, 1.807) is 35.6 Å². The fourth-order valence-corrected chi connectivity index (χ4v) is 3.54. The number of carbonyl (C=O) groups is 4. The van der Waals surface area contributed by atoms with Gasteiger partial charge < -0.3 is 10.1 Å². The maximum atomic E-state index is 12.2. The first kappa shape index (κ1) is 21.5. The van der Waals surface area contributed by atoms with Crippen LogP contribution in [0.5, 0.6) is 0 Å². The number of ketones is 2. The molecule has 1 N–H and O–H groups in total. The van der Waals surface area contributed by atoms with Gasteiger partial charge in [0.2, 0.25) is 5.91 Å². The number of aryl methyl sites for hydroxylation is 2. The van der Waals surface area contributed by atoms with Gasteiger partial charge in [0.15, 0.2) is 18.2 Å². The van der Waals surface area contributed by atoms with Gasteiger partial charge in [0.1, 0.15) is 0 Å². The largest absolute Gasteiger partial charge is 0.457 e. The lowest BCUT2D eigenvalue weighted by Gasteiger charge is -2.06. The minimum Gasteiger partial charge on any atom is -0.457 e. The minimum atomic E-state index is -0.575. The van der Waals surface area contributed by atoms with Crippen LogP contribution in [0.3, 0.4) is 0 Å². The quantitative estimate of drug-likeness (QED) is 0.514. The van der Waals surface area contributed by atoms with Crippen LogP contribution in [-0.2, 0) is 20.9 Å². The van der Waals surface area contributed by atoms with Gasteiger partial charge in [-0.1, -0.05) is 24.3 Å². The first-order valence-corrected chi connectivity index (χ1v) is 9.70. The van der Waals surface area contributed by atoms with Crippen molar-refractivity contribution < 1.29 is 23.9 Å². The highest BCUT2D eigenvalue weighted by Crippen LogP contribution is 2.22. The first-order chi connectivity index (χ1) is 13.3. The molecule has 0 radical (unpaired) electrons. The highest BCUT2D eigenvalue weighted by molar-refractivity contribution is 7.12. The van der Waals surface area contributed by atoms with Crippen LogP contribution in [0.1, 0.15) is 55.8 Å². The highest BCUT2D eigenvalue weighted by atomic mass is 32.1. The Kier molecular flexibility index (Phi) is 7.63. The Hall–Kier alpha value is -2.80. The van der Waals surface area contributed by atoms with Crippen molar-refractivity contribution in [2.24, 2.45) is 0 Å². The van der Waals surface area contributed by atoms with Crippen LogP contribution >= 0.6 is 11.3 Å². The summed E-state index contributed by atoms with van der Waals surface area (Å²) in [5.74, 6) is -1.13. The first-order valence-electron chi connectivity index (χ1n) is 8.88. The van der Waals surface area contributed by atoms with Crippen LogP contribution in [0.2, 0.25) is 0 Å². The van der Waals surface area contributed by atoms with Gasteiger partial charge in [0.25, 0.3) is 0 Å². The number of hydrogen-bond acceptors (Lipinski definition) is 6. The zero-order valence-corrected chi connectivity index (χ0v) is 17.0. The third kappa shape index (κ3) is 6.42. The lowest BCUT2D eigenvalue weighted by molar-refractivity contribution is -0.142. The van der Waals surface area contributed by atoms with Crippen molar-refractivity contribution in [3.05, 3.63) is 56.8 Å². The van der Waals surface area contributed by atoms with Crippen molar-refractivity contribution in [3.8, 4) is 0 Å². The van der Waals surface area contributed by atoms with Crippen molar-refractivity contribution in [2.75, 3.05) is 6.61 Å². The standard InChI is InChI=1S/C21H23NO5S/c1-13-10-18(14(2)28-13)19(24)8-9-21(26)27-12-20(25)17-6-4-16(5-7-17)11-22-15(3)23/h4-7,10H,8-9,11-12H2,1-3H3,(H,22,23).